The number of nitrogens with two attached hydrogens (primary N) is 1. The second-order valence-electron chi connectivity index (χ2n) is 4.37. The van der Waals surface area contributed by atoms with Crippen molar-refractivity contribution < 1.29 is 9.47 Å². The molecule has 106 valence electrons. The Labute approximate surface area is 124 Å². The molecule has 0 aliphatic rings. The Kier molecular flexibility index (Phi) is 5.32. The average molecular weight is 289 g/mol. The maximum atomic E-state index is 6.23. The van der Waals surface area contributed by atoms with Crippen LogP contribution in [0, 0.1) is 0 Å². The summed E-state index contributed by atoms with van der Waals surface area (Å²) in [6.45, 7) is 0. The van der Waals surface area contributed by atoms with E-state index in [4.69, 9.17) is 15.2 Å². The van der Waals surface area contributed by atoms with Gasteiger partial charge in [-0.25, -0.2) is 0 Å². The molecular formula is C16H19NO2S. The summed E-state index contributed by atoms with van der Waals surface area (Å²) in [5, 5.41) is 0. The lowest BCUT2D eigenvalue weighted by Gasteiger charge is -2.13. The van der Waals surface area contributed by atoms with E-state index in [1.807, 2.05) is 42.5 Å². The molecule has 0 saturated carbocycles. The zero-order chi connectivity index (χ0) is 14.4. The van der Waals surface area contributed by atoms with Crippen molar-refractivity contribution in [1.82, 2.24) is 0 Å². The zero-order valence-corrected chi connectivity index (χ0v) is 12.5. The molecule has 2 rings (SSSR count). The molecule has 0 spiro atoms. The van der Waals surface area contributed by atoms with Crippen molar-refractivity contribution >= 4 is 11.8 Å². The summed E-state index contributed by atoms with van der Waals surface area (Å²) in [5.41, 5.74) is 7.31. The molecule has 0 aliphatic carbocycles. The van der Waals surface area contributed by atoms with Crippen LogP contribution >= 0.6 is 11.8 Å². The smallest absolute Gasteiger partial charge is 0.119 e. The van der Waals surface area contributed by atoms with Crippen LogP contribution in [-0.2, 0) is 0 Å². The highest BCUT2D eigenvalue weighted by molar-refractivity contribution is 7.99. The Morgan fingerprint density at radius 3 is 2.35 bits per heavy atom. The maximum Gasteiger partial charge on any atom is 0.119 e. The molecular weight excluding hydrogens is 270 g/mol. The van der Waals surface area contributed by atoms with Crippen LogP contribution in [0.5, 0.6) is 11.5 Å². The summed E-state index contributed by atoms with van der Waals surface area (Å²) in [6, 6.07) is 15.9. The fourth-order valence-corrected chi connectivity index (χ4v) is 2.78. The Balaban J connectivity index is 1.98. The molecule has 0 amide bonds. The van der Waals surface area contributed by atoms with Crippen molar-refractivity contribution in [2.75, 3.05) is 20.0 Å². The van der Waals surface area contributed by atoms with Crippen LogP contribution < -0.4 is 15.2 Å². The van der Waals surface area contributed by atoms with E-state index in [9.17, 15) is 0 Å². The summed E-state index contributed by atoms with van der Waals surface area (Å²) in [5.74, 6) is 2.51. The van der Waals surface area contributed by atoms with Crippen LogP contribution in [0.3, 0.4) is 0 Å². The number of rotatable bonds is 6. The molecule has 0 radical (unpaired) electrons. The lowest BCUT2D eigenvalue weighted by molar-refractivity contribution is 0.413. The number of benzene rings is 2. The minimum Gasteiger partial charge on any atom is -0.497 e. The average Bonchev–Trinajstić information content (AvgIpc) is 2.52. The number of ether oxygens (including phenoxy) is 2. The van der Waals surface area contributed by atoms with Gasteiger partial charge in [0.1, 0.15) is 11.5 Å². The van der Waals surface area contributed by atoms with Crippen LogP contribution in [0.25, 0.3) is 0 Å². The molecule has 3 nitrogen and oxygen atoms in total. The highest BCUT2D eigenvalue weighted by atomic mass is 32.2. The molecule has 1 atom stereocenters. The fourth-order valence-electron chi connectivity index (χ4n) is 1.85. The maximum absolute atomic E-state index is 6.23. The SMILES string of the molecule is COc1cccc(SCC(N)c2cccc(OC)c2)c1. The third-order valence-electron chi connectivity index (χ3n) is 2.99. The van der Waals surface area contributed by atoms with Crippen molar-refractivity contribution in [3.05, 3.63) is 54.1 Å². The Morgan fingerprint density at radius 1 is 1.00 bits per heavy atom. The highest BCUT2D eigenvalue weighted by Crippen LogP contribution is 2.27. The Bertz CT molecular complexity index is 560. The second kappa shape index (κ2) is 7.22. The second-order valence-corrected chi connectivity index (χ2v) is 5.47. The summed E-state index contributed by atoms with van der Waals surface area (Å²) in [4.78, 5) is 1.16. The van der Waals surface area contributed by atoms with Gasteiger partial charge in [-0.1, -0.05) is 18.2 Å². The fraction of sp³-hybridized carbons (Fsp3) is 0.250. The molecule has 0 saturated heterocycles. The molecule has 0 fully saturated rings. The van der Waals surface area contributed by atoms with Crippen molar-refractivity contribution in [3.8, 4) is 11.5 Å². The van der Waals surface area contributed by atoms with Gasteiger partial charge in [0.25, 0.3) is 0 Å². The normalized spacial score (nSPS) is 11.9. The minimum absolute atomic E-state index is 0.0266. The van der Waals surface area contributed by atoms with E-state index in [1.165, 1.54) is 0 Å². The van der Waals surface area contributed by atoms with Gasteiger partial charge in [-0.05, 0) is 35.9 Å². The summed E-state index contributed by atoms with van der Waals surface area (Å²) >= 11 is 1.72. The Morgan fingerprint density at radius 2 is 1.65 bits per heavy atom. The van der Waals surface area contributed by atoms with Crippen LogP contribution in [0.15, 0.2) is 53.4 Å². The number of thioether (sulfide) groups is 1. The van der Waals surface area contributed by atoms with Crippen molar-refractivity contribution in [1.29, 1.82) is 0 Å². The van der Waals surface area contributed by atoms with E-state index < -0.39 is 0 Å². The van der Waals surface area contributed by atoms with Gasteiger partial charge in [-0.15, -0.1) is 11.8 Å². The van der Waals surface area contributed by atoms with E-state index in [1.54, 1.807) is 26.0 Å². The van der Waals surface area contributed by atoms with E-state index in [0.29, 0.717) is 0 Å². The van der Waals surface area contributed by atoms with Gasteiger partial charge in [-0.3, -0.25) is 0 Å². The minimum atomic E-state index is -0.0266. The zero-order valence-electron chi connectivity index (χ0n) is 11.7. The van der Waals surface area contributed by atoms with Gasteiger partial charge >= 0.3 is 0 Å². The van der Waals surface area contributed by atoms with Crippen LogP contribution in [-0.4, -0.2) is 20.0 Å². The molecule has 2 N–H and O–H groups in total. The third kappa shape index (κ3) is 3.92. The molecule has 4 heteroatoms. The number of hydrogen-bond donors (Lipinski definition) is 1. The van der Waals surface area contributed by atoms with Gasteiger partial charge in [-0.2, -0.15) is 0 Å². The molecule has 0 aliphatic heterocycles. The monoisotopic (exact) mass is 289 g/mol. The van der Waals surface area contributed by atoms with Crippen LogP contribution in [0.4, 0.5) is 0 Å². The molecule has 1 unspecified atom stereocenters. The van der Waals surface area contributed by atoms with Gasteiger partial charge in [0.05, 0.1) is 14.2 Å². The first-order chi connectivity index (χ1) is 9.72. The Hall–Kier alpha value is -1.65. The van der Waals surface area contributed by atoms with E-state index >= 15 is 0 Å². The highest BCUT2D eigenvalue weighted by Gasteiger charge is 2.08. The van der Waals surface area contributed by atoms with Gasteiger partial charge in [0.2, 0.25) is 0 Å². The van der Waals surface area contributed by atoms with Crippen molar-refractivity contribution in [3.63, 3.8) is 0 Å². The van der Waals surface area contributed by atoms with E-state index in [0.717, 1.165) is 27.7 Å². The van der Waals surface area contributed by atoms with Gasteiger partial charge in [0, 0.05) is 16.7 Å². The van der Waals surface area contributed by atoms with Gasteiger partial charge in [0.15, 0.2) is 0 Å². The molecule has 2 aromatic carbocycles. The number of methoxy groups -OCH3 is 2. The molecule has 0 heterocycles. The molecule has 20 heavy (non-hydrogen) atoms. The lowest BCUT2D eigenvalue weighted by atomic mass is 10.1. The quantitative estimate of drug-likeness (QED) is 0.827. The van der Waals surface area contributed by atoms with Crippen molar-refractivity contribution in [2.45, 2.75) is 10.9 Å². The molecule has 2 aromatic rings. The first kappa shape index (κ1) is 14.8. The molecule has 0 aromatic heterocycles. The number of hydrogen-bond acceptors (Lipinski definition) is 4. The van der Waals surface area contributed by atoms with E-state index in [2.05, 4.69) is 6.07 Å². The lowest BCUT2D eigenvalue weighted by Crippen LogP contribution is -2.12. The standard InChI is InChI=1S/C16H19NO2S/c1-18-13-6-3-5-12(9-13)16(17)11-20-15-8-4-7-14(10-15)19-2/h3-10,16H,11,17H2,1-2H3. The molecule has 0 bridgehead atoms. The summed E-state index contributed by atoms with van der Waals surface area (Å²) in [6.07, 6.45) is 0. The summed E-state index contributed by atoms with van der Waals surface area (Å²) in [7, 11) is 3.33. The van der Waals surface area contributed by atoms with Crippen LogP contribution in [0.2, 0.25) is 0 Å². The predicted octanol–water partition coefficient (Wildman–Crippen LogP) is 3.50. The topological polar surface area (TPSA) is 44.5 Å². The first-order valence-electron chi connectivity index (χ1n) is 6.39. The first-order valence-corrected chi connectivity index (χ1v) is 7.38. The summed E-state index contributed by atoms with van der Waals surface area (Å²) < 4.78 is 10.4. The van der Waals surface area contributed by atoms with Crippen LogP contribution in [0.1, 0.15) is 11.6 Å². The third-order valence-corrected chi connectivity index (χ3v) is 4.11. The predicted molar refractivity (Wildman–Crippen MR) is 83.6 cm³/mol. The van der Waals surface area contributed by atoms with Crippen molar-refractivity contribution in [2.24, 2.45) is 5.73 Å². The van der Waals surface area contributed by atoms with E-state index in [-0.39, 0.29) is 6.04 Å². The van der Waals surface area contributed by atoms with Gasteiger partial charge < -0.3 is 15.2 Å². The largest absolute Gasteiger partial charge is 0.497 e.